The molecule has 0 unspecified atom stereocenters. The van der Waals surface area contributed by atoms with Crippen LogP contribution in [0.1, 0.15) is 36.5 Å². The first-order valence-electron chi connectivity index (χ1n) is 6.71. The molecule has 0 fully saturated rings. The Kier molecular flexibility index (Phi) is 4.98. The lowest BCUT2D eigenvalue weighted by Gasteiger charge is -2.06. The molecule has 0 aromatic heterocycles. The van der Waals surface area contributed by atoms with Gasteiger partial charge in [-0.1, -0.05) is 49.2 Å². The van der Waals surface area contributed by atoms with E-state index in [0.29, 0.717) is 17.0 Å². The molecule has 2 aromatic rings. The first-order chi connectivity index (χ1) is 9.19. The number of hydrogen-bond acceptors (Lipinski definition) is 0. The van der Waals surface area contributed by atoms with Crippen molar-refractivity contribution in [2.75, 3.05) is 0 Å². The quantitative estimate of drug-likeness (QED) is 0.685. The van der Waals surface area contributed by atoms with E-state index in [0.717, 1.165) is 12.0 Å². The molecular formula is C17H18ClF. The Labute approximate surface area is 119 Å². The largest absolute Gasteiger partial charge is 0.207 e. The molecule has 2 heteroatoms. The zero-order chi connectivity index (χ0) is 13.7. The Morgan fingerprint density at radius 2 is 1.68 bits per heavy atom. The topological polar surface area (TPSA) is 0 Å². The highest BCUT2D eigenvalue weighted by Crippen LogP contribution is 2.19. The van der Waals surface area contributed by atoms with Crippen LogP contribution in [0.4, 0.5) is 4.39 Å². The molecule has 0 nitrogen and oxygen atoms in total. The van der Waals surface area contributed by atoms with Crippen LogP contribution >= 0.6 is 11.6 Å². The van der Waals surface area contributed by atoms with Gasteiger partial charge in [0, 0.05) is 11.4 Å². The summed E-state index contributed by atoms with van der Waals surface area (Å²) in [6, 6.07) is 13.1. The van der Waals surface area contributed by atoms with Gasteiger partial charge in [0.1, 0.15) is 5.82 Å². The summed E-state index contributed by atoms with van der Waals surface area (Å²) in [5.41, 5.74) is 3.10. The molecule has 2 aromatic carbocycles. The van der Waals surface area contributed by atoms with E-state index in [-0.39, 0.29) is 5.82 Å². The van der Waals surface area contributed by atoms with Crippen LogP contribution in [0.3, 0.4) is 0 Å². The fourth-order valence-electron chi connectivity index (χ4n) is 2.10. The second-order valence-corrected chi connectivity index (χ2v) is 5.27. The highest BCUT2D eigenvalue weighted by molar-refractivity contribution is 6.30. The molecule has 0 atom stereocenters. The van der Waals surface area contributed by atoms with Crippen molar-refractivity contribution in [3.8, 4) is 0 Å². The van der Waals surface area contributed by atoms with Crippen molar-refractivity contribution >= 4 is 11.6 Å². The maximum Gasteiger partial charge on any atom is 0.126 e. The van der Waals surface area contributed by atoms with Gasteiger partial charge in [-0.05, 0) is 47.7 Å². The van der Waals surface area contributed by atoms with Crippen LogP contribution in [-0.4, -0.2) is 0 Å². The SMILES string of the molecule is CCCCc1ccc(Cc2cc(Cl)ccc2F)cc1. The summed E-state index contributed by atoms with van der Waals surface area (Å²) >= 11 is 5.90. The van der Waals surface area contributed by atoms with E-state index in [1.54, 1.807) is 12.1 Å². The van der Waals surface area contributed by atoms with Gasteiger partial charge in [0.2, 0.25) is 0 Å². The van der Waals surface area contributed by atoms with Gasteiger partial charge in [-0.2, -0.15) is 0 Å². The predicted molar refractivity (Wildman–Crippen MR) is 79.3 cm³/mol. The van der Waals surface area contributed by atoms with E-state index in [1.165, 1.54) is 24.5 Å². The molecule has 100 valence electrons. The van der Waals surface area contributed by atoms with Crippen LogP contribution in [0.2, 0.25) is 5.02 Å². The van der Waals surface area contributed by atoms with Gasteiger partial charge in [-0.25, -0.2) is 4.39 Å². The van der Waals surface area contributed by atoms with E-state index in [4.69, 9.17) is 11.6 Å². The van der Waals surface area contributed by atoms with Crippen LogP contribution < -0.4 is 0 Å². The Hall–Kier alpha value is -1.34. The van der Waals surface area contributed by atoms with Crippen LogP contribution in [0.5, 0.6) is 0 Å². The number of aryl methyl sites for hydroxylation is 1. The number of benzene rings is 2. The van der Waals surface area contributed by atoms with Crippen LogP contribution in [0.15, 0.2) is 42.5 Å². The van der Waals surface area contributed by atoms with Gasteiger partial charge < -0.3 is 0 Å². The first kappa shape index (κ1) is 14.1. The Morgan fingerprint density at radius 1 is 1.00 bits per heavy atom. The Bertz CT molecular complexity index is 531. The fraction of sp³-hybridized carbons (Fsp3) is 0.294. The van der Waals surface area contributed by atoms with Crippen LogP contribution in [-0.2, 0) is 12.8 Å². The third-order valence-corrected chi connectivity index (χ3v) is 3.48. The predicted octanol–water partition coefficient (Wildman–Crippen LogP) is 5.41. The maximum atomic E-state index is 13.6. The molecule has 2 rings (SSSR count). The average Bonchev–Trinajstić information content (AvgIpc) is 2.42. The van der Waals surface area contributed by atoms with Crippen molar-refractivity contribution in [2.45, 2.75) is 32.6 Å². The molecular weight excluding hydrogens is 259 g/mol. The van der Waals surface area contributed by atoms with E-state index in [9.17, 15) is 4.39 Å². The lowest BCUT2D eigenvalue weighted by Crippen LogP contribution is -1.93. The summed E-state index contributed by atoms with van der Waals surface area (Å²) in [7, 11) is 0. The Morgan fingerprint density at radius 3 is 2.37 bits per heavy atom. The highest BCUT2D eigenvalue weighted by Gasteiger charge is 2.04. The zero-order valence-corrected chi connectivity index (χ0v) is 11.9. The van der Waals surface area contributed by atoms with Gasteiger partial charge in [-0.15, -0.1) is 0 Å². The van der Waals surface area contributed by atoms with Crippen molar-refractivity contribution in [1.82, 2.24) is 0 Å². The van der Waals surface area contributed by atoms with Gasteiger partial charge >= 0.3 is 0 Å². The number of hydrogen-bond donors (Lipinski definition) is 0. The second kappa shape index (κ2) is 6.72. The molecule has 0 aliphatic heterocycles. The van der Waals surface area contributed by atoms with Gasteiger partial charge in [0.05, 0.1) is 0 Å². The molecule has 0 radical (unpaired) electrons. The second-order valence-electron chi connectivity index (χ2n) is 4.83. The molecule has 0 N–H and O–H groups in total. The monoisotopic (exact) mass is 276 g/mol. The molecule has 0 saturated heterocycles. The summed E-state index contributed by atoms with van der Waals surface area (Å²) in [6.07, 6.45) is 4.11. The van der Waals surface area contributed by atoms with Crippen molar-refractivity contribution in [2.24, 2.45) is 0 Å². The normalized spacial score (nSPS) is 10.7. The summed E-state index contributed by atoms with van der Waals surface area (Å²) < 4.78 is 13.6. The number of halogens is 2. The van der Waals surface area contributed by atoms with E-state index >= 15 is 0 Å². The van der Waals surface area contributed by atoms with E-state index in [1.807, 2.05) is 0 Å². The molecule has 0 aliphatic carbocycles. The Balaban J connectivity index is 2.08. The molecule has 0 bridgehead atoms. The molecule has 0 saturated carbocycles. The minimum Gasteiger partial charge on any atom is -0.207 e. The molecule has 19 heavy (non-hydrogen) atoms. The van der Waals surface area contributed by atoms with Crippen molar-refractivity contribution in [1.29, 1.82) is 0 Å². The first-order valence-corrected chi connectivity index (χ1v) is 7.08. The lowest BCUT2D eigenvalue weighted by atomic mass is 10.0. The highest BCUT2D eigenvalue weighted by atomic mass is 35.5. The minimum atomic E-state index is -0.195. The van der Waals surface area contributed by atoms with Crippen molar-refractivity contribution < 1.29 is 4.39 Å². The third-order valence-electron chi connectivity index (χ3n) is 3.24. The summed E-state index contributed by atoms with van der Waals surface area (Å²) in [4.78, 5) is 0. The van der Waals surface area contributed by atoms with E-state index < -0.39 is 0 Å². The average molecular weight is 277 g/mol. The smallest absolute Gasteiger partial charge is 0.126 e. The molecule has 0 heterocycles. The summed E-state index contributed by atoms with van der Waals surface area (Å²) in [5.74, 6) is -0.195. The van der Waals surface area contributed by atoms with E-state index in [2.05, 4.69) is 31.2 Å². The number of rotatable bonds is 5. The fourth-order valence-corrected chi connectivity index (χ4v) is 2.30. The maximum absolute atomic E-state index is 13.6. The standard InChI is InChI=1S/C17H18ClF/c1-2-3-4-13-5-7-14(8-6-13)11-15-12-16(18)9-10-17(15)19/h5-10,12H,2-4,11H2,1H3. The lowest BCUT2D eigenvalue weighted by molar-refractivity contribution is 0.614. The summed E-state index contributed by atoms with van der Waals surface area (Å²) in [5, 5.41) is 0.580. The molecule has 0 amide bonds. The summed E-state index contributed by atoms with van der Waals surface area (Å²) in [6.45, 7) is 2.19. The zero-order valence-electron chi connectivity index (χ0n) is 11.1. The molecule has 0 spiro atoms. The van der Waals surface area contributed by atoms with Crippen molar-refractivity contribution in [3.05, 3.63) is 70.0 Å². The minimum absolute atomic E-state index is 0.195. The van der Waals surface area contributed by atoms with Gasteiger partial charge in [0.15, 0.2) is 0 Å². The van der Waals surface area contributed by atoms with Crippen LogP contribution in [0.25, 0.3) is 0 Å². The van der Waals surface area contributed by atoms with Crippen LogP contribution in [0, 0.1) is 5.82 Å². The van der Waals surface area contributed by atoms with Gasteiger partial charge in [0.25, 0.3) is 0 Å². The third kappa shape index (κ3) is 4.07. The number of unbranched alkanes of at least 4 members (excludes halogenated alkanes) is 1. The molecule has 0 aliphatic rings. The van der Waals surface area contributed by atoms with Crippen molar-refractivity contribution in [3.63, 3.8) is 0 Å². The van der Waals surface area contributed by atoms with Gasteiger partial charge in [-0.3, -0.25) is 0 Å².